The summed E-state index contributed by atoms with van der Waals surface area (Å²) in [5.41, 5.74) is 0. The van der Waals surface area contributed by atoms with Crippen LogP contribution >= 0.6 is 11.8 Å². The van der Waals surface area contributed by atoms with Gasteiger partial charge in [0.05, 0.1) is 5.75 Å². The fourth-order valence-corrected chi connectivity index (χ4v) is 4.33. The van der Waals surface area contributed by atoms with Gasteiger partial charge in [-0.3, -0.25) is 4.79 Å². The van der Waals surface area contributed by atoms with Crippen LogP contribution in [0.5, 0.6) is 0 Å². The lowest BCUT2D eigenvalue weighted by Gasteiger charge is -2.04. The Morgan fingerprint density at radius 2 is 1.12 bits per heavy atom. The van der Waals surface area contributed by atoms with Gasteiger partial charge in [0.15, 0.2) is 5.78 Å². The molecule has 0 aromatic carbocycles. The van der Waals surface area contributed by atoms with Gasteiger partial charge in [-0.25, -0.2) is 0 Å². The van der Waals surface area contributed by atoms with Crippen molar-refractivity contribution in [2.24, 2.45) is 0 Å². The molecule has 2 heteroatoms. The Morgan fingerprint density at radius 1 is 0.708 bits per heavy atom. The fraction of sp³-hybridized carbons (Fsp3) is 0.864. The Labute approximate surface area is 155 Å². The third kappa shape index (κ3) is 13.1. The second-order valence-electron chi connectivity index (χ2n) is 7.42. The van der Waals surface area contributed by atoms with Crippen molar-refractivity contribution < 1.29 is 4.79 Å². The molecule has 0 aromatic rings. The predicted octanol–water partition coefficient (Wildman–Crippen LogP) is 7.84. The monoisotopic (exact) mass is 352 g/mol. The van der Waals surface area contributed by atoms with Crippen molar-refractivity contribution in [1.29, 1.82) is 0 Å². The van der Waals surface area contributed by atoms with Crippen LogP contribution in [-0.4, -0.2) is 11.5 Å². The van der Waals surface area contributed by atoms with Crippen molar-refractivity contribution >= 4 is 17.5 Å². The highest BCUT2D eigenvalue weighted by Gasteiger charge is 2.11. The minimum Gasteiger partial charge on any atom is -0.294 e. The van der Waals surface area contributed by atoms with Gasteiger partial charge in [0, 0.05) is 0 Å². The molecular weight excluding hydrogens is 312 g/mol. The number of rotatable bonds is 17. The molecule has 0 spiro atoms. The molecule has 0 aliphatic carbocycles. The van der Waals surface area contributed by atoms with Gasteiger partial charge in [0.1, 0.15) is 0 Å². The average Bonchev–Trinajstić information content (AvgIpc) is 3.00. The van der Waals surface area contributed by atoms with Gasteiger partial charge in [-0.05, 0) is 23.8 Å². The Kier molecular flexibility index (Phi) is 14.8. The first-order chi connectivity index (χ1) is 11.8. The van der Waals surface area contributed by atoms with E-state index in [9.17, 15) is 4.79 Å². The number of carbonyl (C=O) groups is 1. The molecular formula is C22H40OS. The first-order valence-corrected chi connectivity index (χ1v) is 11.7. The van der Waals surface area contributed by atoms with Crippen molar-refractivity contribution in [3.8, 4) is 0 Å². The van der Waals surface area contributed by atoms with Crippen molar-refractivity contribution in [3.05, 3.63) is 11.0 Å². The van der Waals surface area contributed by atoms with Gasteiger partial charge in [0.25, 0.3) is 0 Å². The largest absolute Gasteiger partial charge is 0.294 e. The molecule has 24 heavy (non-hydrogen) atoms. The first kappa shape index (κ1) is 21.8. The maximum Gasteiger partial charge on any atom is 0.166 e. The molecule has 0 atom stereocenters. The van der Waals surface area contributed by atoms with Crippen LogP contribution in [0.1, 0.15) is 116 Å². The minimum absolute atomic E-state index is 0.312. The summed E-state index contributed by atoms with van der Waals surface area (Å²) >= 11 is 1.75. The standard InChI is InChI=1S/C22H40OS/c1-2-3-4-5-6-7-8-9-10-11-12-13-14-15-16-17-18-22-19-21(23)20-24-22/h19H,2-18,20H2,1H3. The molecule has 0 unspecified atom stereocenters. The van der Waals surface area contributed by atoms with E-state index in [1.807, 2.05) is 6.08 Å². The Bertz CT molecular complexity index is 335. The lowest BCUT2D eigenvalue weighted by atomic mass is 10.0. The zero-order chi connectivity index (χ0) is 17.3. The molecule has 0 bridgehead atoms. The summed E-state index contributed by atoms with van der Waals surface area (Å²) in [5, 5.41) is 0. The van der Waals surface area contributed by atoms with Crippen LogP contribution in [0.3, 0.4) is 0 Å². The predicted molar refractivity (Wildman–Crippen MR) is 110 cm³/mol. The lowest BCUT2D eigenvalue weighted by Crippen LogP contribution is -1.86. The first-order valence-electron chi connectivity index (χ1n) is 10.7. The van der Waals surface area contributed by atoms with Gasteiger partial charge < -0.3 is 0 Å². The van der Waals surface area contributed by atoms with Crippen molar-refractivity contribution in [3.63, 3.8) is 0 Å². The Morgan fingerprint density at radius 3 is 1.50 bits per heavy atom. The second kappa shape index (κ2) is 16.2. The van der Waals surface area contributed by atoms with Gasteiger partial charge in [-0.2, -0.15) is 0 Å². The molecule has 0 radical (unpaired) electrons. The molecule has 0 fully saturated rings. The van der Waals surface area contributed by atoms with Crippen molar-refractivity contribution in [2.45, 2.75) is 116 Å². The van der Waals surface area contributed by atoms with Crippen molar-refractivity contribution in [2.75, 3.05) is 5.75 Å². The van der Waals surface area contributed by atoms with E-state index in [2.05, 4.69) is 6.92 Å². The number of thioether (sulfide) groups is 1. The molecule has 1 aliphatic rings. The molecule has 1 nitrogen and oxygen atoms in total. The van der Waals surface area contributed by atoms with E-state index in [1.54, 1.807) is 11.8 Å². The van der Waals surface area contributed by atoms with E-state index in [0.29, 0.717) is 11.5 Å². The second-order valence-corrected chi connectivity index (χ2v) is 8.52. The van der Waals surface area contributed by atoms with E-state index in [4.69, 9.17) is 0 Å². The van der Waals surface area contributed by atoms with Gasteiger partial charge in [0.2, 0.25) is 0 Å². The quantitative estimate of drug-likeness (QED) is 0.248. The molecule has 1 heterocycles. The van der Waals surface area contributed by atoms with E-state index < -0.39 is 0 Å². The number of carbonyl (C=O) groups excluding carboxylic acids is 1. The van der Waals surface area contributed by atoms with Gasteiger partial charge in [-0.15, -0.1) is 11.8 Å². The van der Waals surface area contributed by atoms with Gasteiger partial charge in [-0.1, -0.05) is 103 Å². The number of hydrogen-bond donors (Lipinski definition) is 0. The molecule has 1 aliphatic heterocycles. The van der Waals surface area contributed by atoms with E-state index in [1.165, 1.54) is 108 Å². The number of hydrogen-bond acceptors (Lipinski definition) is 2. The zero-order valence-electron chi connectivity index (χ0n) is 16.1. The Hall–Kier alpha value is -0.240. The average molecular weight is 353 g/mol. The molecule has 0 saturated carbocycles. The normalized spacial score (nSPS) is 14.4. The molecule has 0 N–H and O–H groups in total. The minimum atomic E-state index is 0.312. The van der Waals surface area contributed by atoms with Gasteiger partial charge >= 0.3 is 0 Å². The Balaban J connectivity index is 1.69. The third-order valence-electron chi connectivity index (χ3n) is 5.00. The zero-order valence-corrected chi connectivity index (χ0v) is 16.9. The van der Waals surface area contributed by atoms with E-state index in [-0.39, 0.29) is 0 Å². The highest BCUT2D eigenvalue weighted by atomic mass is 32.2. The molecule has 0 amide bonds. The summed E-state index contributed by atoms with van der Waals surface area (Å²) in [4.78, 5) is 12.5. The van der Waals surface area contributed by atoms with Crippen LogP contribution in [0.15, 0.2) is 11.0 Å². The van der Waals surface area contributed by atoms with Crippen molar-refractivity contribution in [1.82, 2.24) is 0 Å². The lowest BCUT2D eigenvalue weighted by molar-refractivity contribution is -0.112. The van der Waals surface area contributed by atoms with Crippen LogP contribution in [-0.2, 0) is 4.79 Å². The summed E-state index contributed by atoms with van der Waals surface area (Å²) in [6, 6.07) is 0. The van der Waals surface area contributed by atoms with Crippen LogP contribution in [0.25, 0.3) is 0 Å². The number of allylic oxidation sites excluding steroid dienone is 2. The molecule has 1 rings (SSSR count). The van der Waals surface area contributed by atoms with Crippen LogP contribution < -0.4 is 0 Å². The molecule has 140 valence electrons. The highest BCUT2D eigenvalue weighted by molar-refractivity contribution is 8.04. The molecule has 0 saturated heterocycles. The van der Waals surface area contributed by atoms with Crippen LogP contribution in [0.2, 0.25) is 0 Å². The molecule has 0 aromatic heterocycles. The maximum absolute atomic E-state index is 11.1. The highest BCUT2D eigenvalue weighted by Crippen LogP contribution is 2.27. The van der Waals surface area contributed by atoms with Crippen LogP contribution in [0, 0.1) is 0 Å². The smallest absolute Gasteiger partial charge is 0.166 e. The fourth-order valence-electron chi connectivity index (χ4n) is 3.42. The summed E-state index contributed by atoms with van der Waals surface area (Å²) in [5.74, 6) is 1.00. The van der Waals surface area contributed by atoms with E-state index in [0.717, 1.165) is 6.42 Å². The SMILES string of the molecule is CCCCCCCCCCCCCCCCCCC1=CC(=O)CS1. The summed E-state index contributed by atoms with van der Waals surface area (Å²) in [7, 11) is 0. The summed E-state index contributed by atoms with van der Waals surface area (Å²) in [6.45, 7) is 2.29. The van der Waals surface area contributed by atoms with E-state index >= 15 is 0 Å². The maximum atomic E-state index is 11.1. The summed E-state index contributed by atoms with van der Waals surface area (Å²) in [6.07, 6.45) is 25.7. The van der Waals surface area contributed by atoms with Crippen LogP contribution in [0.4, 0.5) is 0 Å². The topological polar surface area (TPSA) is 17.1 Å². The number of ketones is 1. The number of unbranched alkanes of at least 4 members (excludes halogenated alkanes) is 15. The summed E-state index contributed by atoms with van der Waals surface area (Å²) < 4.78 is 0. The third-order valence-corrected chi connectivity index (χ3v) is 6.12.